The largest absolute Gasteiger partial charge is 0.462 e. The van der Waals surface area contributed by atoms with Crippen LogP contribution in [-0.2, 0) is 28.6 Å². The normalized spacial score (nSPS) is 13.0. The molecule has 0 heterocycles. The number of hydrogen-bond acceptors (Lipinski definition) is 6. The first-order chi connectivity index (χ1) is 26.5. The quantitative estimate of drug-likeness (QED) is 0.0275. The second-order valence-corrected chi connectivity index (χ2v) is 13.5. The smallest absolute Gasteiger partial charge is 0.306 e. The van der Waals surface area contributed by atoms with Crippen LogP contribution in [0.25, 0.3) is 0 Å². The summed E-state index contributed by atoms with van der Waals surface area (Å²) < 4.78 is 16.5. The van der Waals surface area contributed by atoms with Crippen molar-refractivity contribution in [1.29, 1.82) is 0 Å². The number of rotatable bonds is 36. The molecule has 0 saturated heterocycles. The Labute approximate surface area is 330 Å². The van der Waals surface area contributed by atoms with Gasteiger partial charge in [0, 0.05) is 19.3 Å². The molecule has 0 amide bonds. The van der Waals surface area contributed by atoms with Gasteiger partial charge < -0.3 is 14.2 Å². The van der Waals surface area contributed by atoms with Crippen LogP contribution in [0, 0.1) is 0 Å². The maximum Gasteiger partial charge on any atom is 0.306 e. The first-order valence-corrected chi connectivity index (χ1v) is 21.2. The van der Waals surface area contributed by atoms with Gasteiger partial charge in [0.2, 0.25) is 0 Å². The van der Waals surface area contributed by atoms with Gasteiger partial charge in [0.25, 0.3) is 0 Å². The molecule has 0 radical (unpaired) electrons. The Morgan fingerprint density at radius 1 is 0.389 bits per heavy atom. The zero-order valence-corrected chi connectivity index (χ0v) is 34.4. The molecule has 0 bridgehead atoms. The molecule has 0 spiro atoms. The summed E-state index contributed by atoms with van der Waals surface area (Å²) >= 11 is 0. The molecule has 0 rings (SSSR count). The molecule has 0 aliphatic heterocycles. The van der Waals surface area contributed by atoms with E-state index >= 15 is 0 Å². The third kappa shape index (κ3) is 39.5. The van der Waals surface area contributed by atoms with E-state index in [-0.39, 0.29) is 37.5 Å². The monoisotopic (exact) mass is 749 g/mol. The minimum atomic E-state index is -0.822. The maximum atomic E-state index is 12.7. The zero-order valence-electron chi connectivity index (χ0n) is 34.4. The van der Waals surface area contributed by atoms with E-state index in [4.69, 9.17) is 14.2 Å². The number of esters is 3. The van der Waals surface area contributed by atoms with Crippen molar-refractivity contribution >= 4 is 17.9 Å². The number of hydrogen-bond donors (Lipinski definition) is 0. The molecule has 0 aromatic heterocycles. The molecule has 0 fully saturated rings. The van der Waals surface area contributed by atoms with Gasteiger partial charge in [0.05, 0.1) is 0 Å². The SMILES string of the molecule is CC/C=C\C/C=C\C/C=C\C/C=C\C/C=C\CCC(=O)OCC(COC(=O)CCCC/C=C\C/C=C\CC)OC(=O)CCCCCCC/C=C\CCCC. The van der Waals surface area contributed by atoms with Crippen LogP contribution in [0.2, 0.25) is 0 Å². The molecule has 1 atom stereocenters. The van der Waals surface area contributed by atoms with Gasteiger partial charge in [-0.2, -0.15) is 0 Å². The molecule has 0 N–H and O–H groups in total. The lowest BCUT2D eigenvalue weighted by Crippen LogP contribution is -2.30. The molecule has 1 unspecified atom stereocenters. The molecule has 6 heteroatoms. The Balaban J connectivity index is 4.54. The molecule has 0 aliphatic rings. The number of carbonyl (C=O) groups is 3. The summed E-state index contributed by atoms with van der Waals surface area (Å²) in [5.41, 5.74) is 0. The average molecular weight is 749 g/mol. The van der Waals surface area contributed by atoms with E-state index in [1.165, 1.54) is 25.7 Å². The third-order valence-electron chi connectivity index (χ3n) is 8.32. The van der Waals surface area contributed by atoms with Gasteiger partial charge in [-0.15, -0.1) is 0 Å². The Morgan fingerprint density at radius 2 is 0.759 bits per heavy atom. The molecule has 6 nitrogen and oxygen atoms in total. The summed E-state index contributed by atoms with van der Waals surface area (Å²) in [5, 5.41) is 0. The van der Waals surface area contributed by atoms with E-state index in [2.05, 4.69) is 106 Å². The highest BCUT2D eigenvalue weighted by Gasteiger charge is 2.19. The minimum absolute atomic E-state index is 0.123. The Hall–Kier alpha value is -3.67. The van der Waals surface area contributed by atoms with Gasteiger partial charge in [-0.3, -0.25) is 14.4 Å². The zero-order chi connectivity index (χ0) is 39.4. The third-order valence-corrected chi connectivity index (χ3v) is 8.32. The fourth-order valence-electron chi connectivity index (χ4n) is 5.15. The van der Waals surface area contributed by atoms with Gasteiger partial charge >= 0.3 is 17.9 Å². The van der Waals surface area contributed by atoms with Crippen LogP contribution in [0.1, 0.15) is 168 Å². The summed E-state index contributed by atoms with van der Waals surface area (Å²) in [6.07, 6.45) is 54.1. The number of ether oxygens (including phenoxy) is 3. The summed E-state index contributed by atoms with van der Waals surface area (Å²) in [6, 6.07) is 0. The highest BCUT2D eigenvalue weighted by molar-refractivity contribution is 5.71. The Morgan fingerprint density at radius 3 is 1.30 bits per heavy atom. The Kier molecular flexibility index (Phi) is 39.2. The van der Waals surface area contributed by atoms with Crippen molar-refractivity contribution in [2.75, 3.05) is 13.2 Å². The lowest BCUT2D eigenvalue weighted by atomic mass is 10.1. The van der Waals surface area contributed by atoms with Gasteiger partial charge in [-0.05, 0) is 96.3 Å². The van der Waals surface area contributed by atoms with Gasteiger partial charge in [-0.1, -0.05) is 150 Å². The van der Waals surface area contributed by atoms with E-state index in [0.29, 0.717) is 19.3 Å². The van der Waals surface area contributed by atoms with E-state index in [1.54, 1.807) is 0 Å². The lowest BCUT2D eigenvalue weighted by molar-refractivity contribution is -0.166. The molecular formula is C48H76O6. The fraction of sp³-hybridized carbons (Fsp3) is 0.604. The average Bonchev–Trinajstić information content (AvgIpc) is 3.17. The predicted molar refractivity (Wildman–Crippen MR) is 228 cm³/mol. The molecule has 0 aromatic carbocycles. The highest BCUT2D eigenvalue weighted by atomic mass is 16.6. The van der Waals surface area contributed by atoms with Crippen molar-refractivity contribution in [3.05, 3.63) is 97.2 Å². The van der Waals surface area contributed by atoms with Crippen LogP contribution in [0.5, 0.6) is 0 Å². The Bertz CT molecular complexity index is 1140. The van der Waals surface area contributed by atoms with Crippen LogP contribution in [0.15, 0.2) is 97.2 Å². The van der Waals surface area contributed by atoms with Crippen molar-refractivity contribution in [3.63, 3.8) is 0 Å². The van der Waals surface area contributed by atoms with Gasteiger partial charge in [0.15, 0.2) is 6.10 Å². The van der Waals surface area contributed by atoms with Crippen molar-refractivity contribution in [2.24, 2.45) is 0 Å². The molecule has 0 aromatic rings. The second kappa shape index (κ2) is 42.1. The fourth-order valence-corrected chi connectivity index (χ4v) is 5.15. The van der Waals surface area contributed by atoms with Crippen LogP contribution in [0.3, 0.4) is 0 Å². The van der Waals surface area contributed by atoms with Crippen molar-refractivity contribution < 1.29 is 28.6 Å². The standard InChI is InChI=1S/C48H76O6/c1-4-7-10-13-16-19-21-22-23-24-25-27-29-32-35-38-41-47(50)53-44-45(43-52-46(49)40-37-34-31-28-18-15-12-9-6-3)54-48(51)42-39-36-33-30-26-20-17-14-11-8-5-2/h7,9-10,12,14,16-19,22-23,25,27-28,32,35,45H,4-6,8,11,13,15,20-21,24,26,29-31,33-34,36-44H2,1-3H3/b10-7-,12-9-,17-14-,19-16-,23-22-,27-25-,28-18-,35-32-. The summed E-state index contributed by atoms with van der Waals surface area (Å²) in [6.45, 7) is 6.21. The maximum absolute atomic E-state index is 12.7. The molecular weight excluding hydrogens is 673 g/mol. The van der Waals surface area contributed by atoms with Crippen LogP contribution < -0.4 is 0 Å². The number of unbranched alkanes of at least 4 members (excludes halogenated alkanes) is 9. The first kappa shape index (κ1) is 50.3. The van der Waals surface area contributed by atoms with Crippen molar-refractivity contribution in [1.82, 2.24) is 0 Å². The van der Waals surface area contributed by atoms with Crippen LogP contribution in [0.4, 0.5) is 0 Å². The van der Waals surface area contributed by atoms with Crippen molar-refractivity contribution in [3.8, 4) is 0 Å². The van der Waals surface area contributed by atoms with Crippen LogP contribution >= 0.6 is 0 Å². The van der Waals surface area contributed by atoms with E-state index in [0.717, 1.165) is 96.3 Å². The summed E-state index contributed by atoms with van der Waals surface area (Å²) in [4.78, 5) is 37.5. The number of carbonyl (C=O) groups excluding carboxylic acids is 3. The van der Waals surface area contributed by atoms with E-state index in [1.807, 2.05) is 12.2 Å². The van der Waals surface area contributed by atoms with Crippen LogP contribution in [-0.4, -0.2) is 37.2 Å². The van der Waals surface area contributed by atoms with E-state index < -0.39 is 6.10 Å². The van der Waals surface area contributed by atoms with Crippen molar-refractivity contribution in [2.45, 2.75) is 175 Å². The van der Waals surface area contributed by atoms with Gasteiger partial charge in [-0.25, -0.2) is 0 Å². The summed E-state index contributed by atoms with van der Waals surface area (Å²) in [5.74, 6) is -1.07. The second-order valence-electron chi connectivity index (χ2n) is 13.5. The first-order valence-electron chi connectivity index (χ1n) is 21.2. The lowest BCUT2D eigenvalue weighted by Gasteiger charge is -2.18. The highest BCUT2D eigenvalue weighted by Crippen LogP contribution is 2.11. The molecule has 0 aliphatic carbocycles. The molecule has 304 valence electrons. The minimum Gasteiger partial charge on any atom is -0.462 e. The van der Waals surface area contributed by atoms with Gasteiger partial charge in [0.1, 0.15) is 13.2 Å². The molecule has 54 heavy (non-hydrogen) atoms. The molecule has 0 saturated carbocycles. The number of allylic oxidation sites excluding steroid dienone is 16. The predicted octanol–water partition coefficient (Wildman–Crippen LogP) is 13.5. The van der Waals surface area contributed by atoms with E-state index in [9.17, 15) is 14.4 Å². The summed E-state index contributed by atoms with van der Waals surface area (Å²) in [7, 11) is 0. The topological polar surface area (TPSA) is 78.9 Å².